The molecule has 19 heavy (non-hydrogen) atoms. The Balaban J connectivity index is 2.23. The summed E-state index contributed by atoms with van der Waals surface area (Å²) < 4.78 is 15.2. The summed E-state index contributed by atoms with van der Waals surface area (Å²) in [6.45, 7) is 0. The largest absolute Gasteiger partial charge is 0.207 e. The number of benzene rings is 2. The number of alkyl halides is 1. The first-order valence-corrected chi connectivity index (χ1v) is 8.55. The van der Waals surface area contributed by atoms with E-state index in [1.807, 2.05) is 18.2 Å². The molecule has 0 aliphatic heterocycles. The van der Waals surface area contributed by atoms with Gasteiger partial charge in [-0.05, 0) is 53.8 Å². The maximum absolute atomic E-state index is 13.4. The molecule has 0 radical (unpaired) electrons. The van der Waals surface area contributed by atoms with Gasteiger partial charge in [-0.3, -0.25) is 0 Å². The summed E-state index contributed by atoms with van der Waals surface area (Å²) in [6.07, 6.45) is 0.804. The van der Waals surface area contributed by atoms with Crippen molar-refractivity contribution in [3.8, 4) is 0 Å². The minimum absolute atomic E-state index is 0.202. The van der Waals surface area contributed by atoms with Crippen LogP contribution in [-0.4, -0.2) is 5.33 Å². The van der Waals surface area contributed by atoms with Crippen molar-refractivity contribution in [2.75, 3.05) is 5.33 Å². The molecule has 0 spiro atoms. The monoisotopic (exact) mass is 448 g/mol. The van der Waals surface area contributed by atoms with Crippen LogP contribution in [0.4, 0.5) is 4.39 Å². The summed E-state index contributed by atoms with van der Waals surface area (Å²) in [6, 6.07) is 13.3. The molecule has 2 aromatic rings. The average Bonchev–Trinajstić information content (AvgIpc) is 2.34. The highest BCUT2D eigenvalue weighted by molar-refractivity contribution is 9.10. The van der Waals surface area contributed by atoms with Crippen molar-refractivity contribution in [1.82, 2.24) is 0 Å². The highest BCUT2D eigenvalue weighted by Gasteiger charge is 2.12. The number of rotatable bonds is 4. The molecule has 2 rings (SSSR count). The average molecular weight is 451 g/mol. The molecule has 1 unspecified atom stereocenters. The van der Waals surface area contributed by atoms with Crippen LogP contribution in [0.15, 0.2) is 51.4 Å². The molecular formula is C15H12Br3F. The highest BCUT2D eigenvalue weighted by Crippen LogP contribution is 2.27. The molecule has 0 nitrogen and oxygen atoms in total. The molecule has 0 aliphatic carbocycles. The van der Waals surface area contributed by atoms with E-state index in [9.17, 15) is 4.39 Å². The van der Waals surface area contributed by atoms with E-state index in [2.05, 4.69) is 59.9 Å². The van der Waals surface area contributed by atoms with Gasteiger partial charge in [0.1, 0.15) is 5.82 Å². The topological polar surface area (TPSA) is 0 Å². The molecule has 1 atom stereocenters. The van der Waals surface area contributed by atoms with Crippen molar-refractivity contribution < 1.29 is 4.39 Å². The summed E-state index contributed by atoms with van der Waals surface area (Å²) in [5.74, 6) is 0.123. The van der Waals surface area contributed by atoms with Gasteiger partial charge in [0, 0.05) is 14.3 Å². The SMILES string of the molecule is Fc1cc(Br)cc(CC(CBr)c2cccc(Br)c2)c1. The molecule has 0 fully saturated rings. The van der Waals surface area contributed by atoms with Gasteiger partial charge in [0.2, 0.25) is 0 Å². The fraction of sp³-hybridized carbons (Fsp3) is 0.200. The fourth-order valence-electron chi connectivity index (χ4n) is 2.04. The third kappa shape index (κ3) is 4.40. The van der Waals surface area contributed by atoms with E-state index >= 15 is 0 Å². The van der Waals surface area contributed by atoms with Crippen LogP contribution in [0, 0.1) is 5.82 Å². The molecule has 0 saturated carbocycles. The van der Waals surface area contributed by atoms with Crippen LogP contribution in [0.25, 0.3) is 0 Å². The molecule has 0 saturated heterocycles. The summed E-state index contributed by atoms with van der Waals surface area (Å²) >= 11 is 10.4. The third-order valence-corrected chi connectivity index (χ3v) is 4.64. The second-order valence-corrected chi connectivity index (χ2v) is 6.87. The van der Waals surface area contributed by atoms with Crippen molar-refractivity contribution in [1.29, 1.82) is 0 Å². The minimum Gasteiger partial charge on any atom is -0.207 e. The Bertz CT molecular complexity index is 549. The van der Waals surface area contributed by atoms with Crippen LogP contribution in [0.3, 0.4) is 0 Å². The zero-order chi connectivity index (χ0) is 13.8. The van der Waals surface area contributed by atoms with Crippen LogP contribution in [0.2, 0.25) is 0 Å². The maximum atomic E-state index is 13.4. The van der Waals surface area contributed by atoms with Crippen molar-refractivity contribution in [2.45, 2.75) is 12.3 Å². The number of halogens is 4. The van der Waals surface area contributed by atoms with Gasteiger partial charge in [-0.25, -0.2) is 4.39 Å². The van der Waals surface area contributed by atoms with Crippen LogP contribution in [-0.2, 0) is 6.42 Å². The quantitative estimate of drug-likeness (QED) is 0.496. The van der Waals surface area contributed by atoms with E-state index in [-0.39, 0.29) is 5.82 Å². The van der Waals surface area contributed by atoms with Gasteiger partial charge in [0.15, 0.2) is 0 Å². The lowest BCUT2D eigenvalue weighted by Crippen LogP contribution is -2.05. The Hall–Kier alpha value is -0.190. The van der Waals surface area contributed by atoms with E-state index in [1.165, 1.54) is 11.6 Å². The molecule has 0 N–H and O–H groups in total. The van der Waals surface area contributed by atoms with Gasteiger partial charge in [-0.1, -0.05) is 59.9 Å². The number of hydrogen-bond donors (Lipinski definition) is 0. The molecule has 0 heterocycles. The Kier molecular flexibility index (Phi) is 5.60. The first kappa shape index (κ1) is 15.2. The first-order valence-electron chi connectivity index (χ1n) is 5.85. The Morgan fingerprint density at radius 1 is 1.00 bits per heavy atom. The first-order chi connectivity index (χ1) is 9.08. The molecular weight excluding hydrogens is 439 g/mol. The van der Waals surface area contributed by atoms with Crippen molar-refractivity contribution in [3.05, 3.63) is 68.4 Å². The van der Waals surface area contributed by atoms with E-state index in [4.69, 9.17) is 0 Å². The smallest absolute Gasteiger partial charge is 0.124 e. The molecule has 0 aromatic heterocycles. The van der Waals surface area contributed by atoms with E-state index in [0.717, 1.165) is 26.3 Å². The fourth-order valence-corrected chi connectivity index (χ4v) is 3.57. The zero-order valence-corrected chi connectivity index (χ0v) is 14.8. The van der Waals surface area contributed by atoms with Crippen LogP contribution < -0.4 is 0 Å². The van der Waals surface area contributed by atoms with Gasteiger partial charge in [0.05, 0.1) is 0 Å². The highest BCUT2D eigenvalue weighted by atomic mass is 79.9. The van der Waals surface area contributed by atoms with Crippen molar-refractivity contribution in [3.63, 3.8) is 0 Å². The van der Waals surface area contributed by atoms with E-state index < -0.39 is 0 Å². The zero-order valence-electron chi connectivity index (χ0n) is 10.0. The van der Waals surface area contributed by atoms with Gasteiger partial charge in [-0.15, -0.1) is 0 Å². The maximum Gasteiger partial charge on any atom is 0.124 e. The lowest BCUT2D eigenvalue weighted by Gasteiger charge is -2.15. The normalized spacial score (nSPS) is 12.4. The predicted octanol–water partition coefficient (Wildman–Crippen LogP) is 6.07. The van der Waals surface area contributed by atoms with Gasteiger partial charge in [-0.2, -0.15) is 0 Å². The lowest BCUT2D eigenvalue weighted by atomic mass is 9.94. The number of hydrogen-bond acceptors (Lipinski definition) is 0. The molecule has 0 amide bonds. The molecule has 4 heteroatoms. The summed E-state index contributed by atoms with van der Waals surface area (Å²) in [4.78, 5) is 0. The van der Waals surface area contributed by atoms with E-state index in [0.29, 0.717) is 5.92 Å². The van der Waals surface area contributed by atoms with Gasteiger partial charge >= 0.3 is 0 Å². The Morgan fingerprint density at radius 3 is 2.42 bits per heavy atom. The predicted molar refractivity (Wildman–Crippen MR) is 88.5 cm³/mol. The van der Waals surface area contributed by atoms with Gasteiger partial charge < -0.3 is 0 Å². The summed E-state index contributed by atoms with van der Waals surface area (Å²) in [5, 5.41) is 0.845. The van der Waals surface area contributed by atoms with Crippen molar-refractivity contribution in [2.24, 2.45) is 0 Å². The van der Waals surface area contributed by atoms with Crippen molar-refractivity contribution >= 4 is 47.8 Å². The molecule has 0 aliphatic rings. The summed E-state index contributed by atoms with van der Waals surface area (Å²) in [7, 11) is 0. The second kappa shape index (κ2) is 7.00. The third-order valence-electron chi connectivity index (χ3n) is 2.91. The molecule has 2 aromatic carbocycles. The minimum atomic E-state index is -0.202. The van der Waals surface area contributed by atoms with Crippen LogP contribution in [0.5, 0.6) is 0 Å². The summed E-state index contributed by atoms with van der Waals surface area (Å²) in [5.41, 5.74) is 2.24. The van der Waals surface area contributed by atoms with Crippen LogP contribution in [0.1, 0.15) is 17.0 Å². The Labute approximate surface area is 137 Å². The Morgan fingerprint density at radius 2 is 1.79 bits per heavy atom. The standard InChI is InChI=1S/C15H12Br3F/c16-9-12(11-2-1-3-13(17)7-11)4-10-5-14(18)8-15(19)6-10/h1-3,5-8,12H,4,9H2. The van der Waals surface area contributed by atoms with E-state index in [1.54, 1.807) is 6.07 Å². The second-order valence-electron chi connectivity index (χ2n) is 4.39. The molecule has 0 bridgehead atoms. The van der Waals surface area contributed by atoms with Gasteiger partial charge in [0.25, 0.3) is 0 Å². The van der Waals surface area contributed by atoms with Crippen LogP contribution >= 0.6 is 47.8 Å². The lowest BCUT2D eigenvalue weighted by molar-refractivity contribution is 0.622. The molecule has 100 valence electrons.